The third kappa shape index (κ3) is 4.12. The van der Waals surface area contributed by atoms with Crippen LogP contribution in [0.5, 0.6) is 11.5 Å². The second kappa shape index (κ2) is 8.03. The summed E-state index contributed by atoms with van der Waals surface area (Å²) in [5.41, 5.74) is 2.07. The van der Waals surface area contributed by atoms with Crippen molar-refractivity contribution in [2.75, 3.05) is 45.3 Å². The second-order valence-electron chi connectivity index (χ2n) is 6.11. The Kier molecular flexibility index (Phi) is 5.56. The second-order valence-corrected chi connectivity index (χ2v) is 6.11. The van der Waals surface area contributed by atoms with Crippen LogP contribution in [0.15, 0.2) is 53.3 Å². The van der Waals surface area contributed by atoms with Gasteiger partial charge in [0.1, 0.15) is 0 Å². The molecule has 132 valence electrons. The van der Waals surface area contributed by atoms with Crippen LogP contribution < -0.4 is 19.8 Å². The van der Waals surface area contributed by atoms with Gasteiger partial charge < -0.3 is 14.4 Å². The van der Waals surface area contributed by atoms with E-state index in [0.29, 0.717) is 0 Å². The summed E-state index contributed by atoms with van der Waals surface area (Å²) >= 11 is 0. The topological polar surface area (TPSA) is 42.0 Å². The number of ether oxygens (including phenoxy) is 2. The summed E-state index contributed by atoms with van der Waals surface area (Å²) in [4.78, 5) is 16.7. The number of piperazine rings is 1. The van der Waals surface area contributed by atoms with Crippen LogP contribution in [0.1, 0.15) is 5.56 Å². The van der Waals surface area contributed by atoms with Crippen LogP contribution in [0.3, 0.4) is 0 Å². The Morgan fingerprint density at radius 3 is 2.32 bits per heavy atom. The highest BCUT2D eigenvalue weighted by molar-refractivity contribution is 5.46. The Labute approximate surface area is 148 Å². The average molecular weight is 340 g/mol. The molecule has 0 saturated carbocycles. The molecule has 3 rings (SSSR count). The highest BCUT2D eigenvalue weighted by Crippen LogP contribution is 2.28. The molecule has 0 spiro atoms. The van der Waals surface area contributed by atoms with Crippen molar-refractivity contribution in [2.45, 2.75) is 6.54 Å². The number of rotatable bonds is 5. The molecule has 1 heterocycles. The van der Waals surface area contributed by atoms with Crippen molar-refractivity contribution in [1.82, 2.24) is 4.90 Å². The number of methoxy groups -OCH3 is 2. The van der Waals surface area contributed by atoms with Crippen molar-refractivity contribution in [2.24, 2.45) is 0 Å². The van der Waals surface area contributed by atoms with E-state index in [-0.39, 0.29) is 5.43 Å². The van der Waals surface area contributed by atoms with Crippen LogP contribution in [0.25, 0.3) is 0 Å². The van der Waals surface area contributed by atoms with Gasteiger partial charge in [0.25, 0.3) is 0 Å². The van der Waals surface area contributed by atoms with Crippen molar-refractivity contribution in [3.05, 3.63) is 64.3 Å². The molecule has 2 aromatic rings. The summed E-state index contributed by atoms with van der Waals surface area (Å²) in [5.74, 6) is 1.50. The van der Waals surface area contributed by atoms with Gasteiger partial charge in [-0.2, -0.15) is 0 Å². The van der Waals surface area contributed by atoms with E-state index in [4.69, 9.17) is 9.47 Å². The number of anilines is 1. The van der Waals surface area contributed by atoms with Gasteiger partial charge in [-0.3, -0.25) is 9.69 Å². The van der Waals surface area contributed by atoms with Crippen LogP contribution in [0.4, 0.5) is 5.69 Å². The summed E-state index contributed by atoms with van der Waals surface area (Å²) in [5, 5.41) is 0. The third-order valence-electron chi connectivity index (χ3n) is 4.54. The molecule has 0 N–H and O–H groups in total. The van der Waals surface area contributed by atoms with Crippen molar-refractivity contribution in [3.63, 3.8) is 0 Å². The zero-order valence-electron chi connectivity index (χ0n) is 14.8. The maximum Gasteiger partial charge on any atom is 0.201 e. The minimum atomic E-state index is 0.0818. The van der Waals surface area contributed by atoms with Crippen molar-refractivity contribution in [3.8, 4) is 11.5 Å². The third-order valence-corrected chi connectivity index (χ3v) is 4.54. The monoisotopic (exact) mass is 340 g/mol. The summed E-state index contributed by atoms with van der Waals surface area (Å²) < 4.78 is 10.7. The first-order valence-corrected chi connectivity index (χ1v) is 8.49. The van der Waals surface area contributed by atoms with Gasteiger partial charge in [-0.1, -0.05) is 24.3 Å². The van der Waals surface area contributed by atoms with Crippen LogP contribution in [-0.2, 0) is 6.54 Å². The molecular weight excluding hydrogens is 316 g/mol. The molecule has 1 saturated heterocycles. The maximum absolute atomic E-state index is 12.1. The SMILES string of the molecule is COc1ccc(CN2CCN(c3cccccc3=O)CC2)cc1OC. The van der Waals surface area contributed by atoms with Crippen LogP contribution in [0.2, 0.25) is 0 Å². The van der Waals surface area contributed by atoms with Gasteiger partial charge in [-0.25, -0.2) is 0 Å². The van der Waals surface area contributed by atoms with Gasteiger partial charge in [0.05, 0.1) is 19.9 Å². The van der Waals surface area contributed by atoms with Gasteiger partial charge >= 0.3 is 0 Å². The average Bonchev–Trinajstić information content (AvgIpc) is 2.86. The fourth-order valence-electron chi connectivity index (χ4n) is 3.17. The summed E-state index contributed by atoms with van der Waals surface area (Å²) in [6.45, 7) is 4.42. The highest BCUT2D eigenvalue weighted by Gasteiger charge is 2.19. The Balaban J connectivity index is 1.63. The minimum absolute atomic E-state index is 0.0818. The first-order chi connectivity index (χ1) is 12.2. The lowest BCUT2D eigenvalue weighted by Gasteiger charge is -2.35. The zero-order chi connectivity index (χ0) is 17.6. The lowest BCUT2D eigenvalue weighted by molar-refractivity contribution is 0.249. The maximum atomic E-state index is 12.1. The molecule has 5 heteroatoms. The van der Waals surface area contributed by atoms with E-state index in [0.717, 1.165) is 49.9 Å². The summed E-state index contributed by atoms with van der Waals surface area (Å²) in [7, 11) is 3.30. The molecule has 0 aromatic heterocycles. The number of benzene rings is 1. The quantitative estimate of drug-likeness (QED) is 0.836. The molecule has 2 aromatic carbocycles. The molecular formula is C20H24N2O3. The Hall–Kier alpha value is -2.53. The number of hydrogen-bond donors (Lipinski definition) is 0. The largest absolute Gasteiger partial charge is 0.493 e. The predicted molar refractivity (Wildman–Crippen MR) is 99.7 cm³/mol. The molecule has 0 radical (unpaired) electrons. The molecule has 25 heavy (non-hydrogen) atoms. The fourth-order valence-corrected chi connectivity index (χ4v) is 3.17. The van der Waals surface area contributed by atoms with Crippen LogP contribution >= 0.6 is 0 Å². The lowest BCUT2D eigenvalue weighted by Crippen LogP contribution is -2.47. The normalized spacial score (nSPS) is 15.0. The standard InChI is InChI=1S/C20H24N2O3/c1-24-19-9-8-16(14-20(19)25-2)15-21-10-12-22(13-11-21)17-6-4-3-5-7-18(17)23/h3-9,14H,10-13,15H2,1-2H3. The Morgan fingerprint density at radius 2 is 1.60 bits per heavy atom. The molecule has 0 amide bonds. The summed E-state index contributed by atoms with van der Waals surface area (Å²) in [6.07, 6.45) is 0. The van der Waals surface area contributed by atoms with Crippen molar-refractivity contribution >= 4 is 5.69 Å². The molecule has 1 aliphatic rings. The smallest absolute Gasteiger partial charge is 0.201 e. The van der Waals surface area contributed by atoms with Gasteiger partial charge in [-0.05, 0) is 29.8 Å². The predicted octanol–water partition coefficient (Wildman–Crippen LogP) is 2.39. The molecule has 0 bridgehead atoms. The van der Waals surface area contributed by atoms with Crippen molar-refractivity contribution in [1.29, 1.82) is 0 Å². The van der Waals surface area contributed by atoms with E-state index in [1.807, 2.05) is 30.3 Å². The summed E-state index contributed by atoms with van der Waals surface area (Å²) in [6, 6.07) is 15.2. The van der Waals surface area contributed by atoms with Crippen LogP contribution in [0, 0.1) is 0 Å². The van der Waals surface area contributed by atoms with Gasteiger partial charge in [0.15, 0.2) is 11.5 Å². The van der Waals surface area contributed by atoms with E-state index in [9.17, 15) is 4.79 Å². The van der Waals surface area contributed by atoms with E-state index >= 15 is 0 Å². The van der Waals surface area contributed by atoms with Gasteiger partial charge in [0.2, 0.25) is 5.43 Å². The zero-order valence-corrected chi connectivity index (χ0v) is 14.8. The molecule has 5 nitrogen and oxygen atoms in total. The molecule has 0 atom stereocenters. The van der Waals surface area contributed by atoms with E-state index in [1.54, 1.807) is 26.4 Å². The lowest BCUT2D eigenvalue weighted by atomic mass is 10.1. The molecule has 0 aliphatic carbocycles. The number of nitrogens with zero attached hydrogens (tertiary/aromatic N) is 2. The first-order valence-electron chi connectivity index (χ1n) is 8.49. The van der Waals surface area contributed by atoms with E-state index in [2.05, 4.69) is 15.9 Å². The van der Waals surface area contributed by atoms with Gasteiger partial charge in [-0.15, -0.1) is 0 Å². The Bertz CT molecular complexity index is 771. The molecule has 1 fully saturated rings. The fraction of sp³-hybridized carbons (Fsp3) is 0.350. The van der Waals surface area contributed by atoms with Crippen LogP contribution in [-0.4, -0.2) is 45.3 Å². The molecule has 0 unspecified atom stereocenters. The van der Waals surface area contributed by atoms with Gasteiger partial charge in [0, 0.05) is 32.7 Å². The van der Waals surface area contributed by atoms with E-state index in [1.165, 1.54) is 5.56 Å². The molecule has 1 aliphatic heterocycles. The first kappa shape index (κ1) is 17.3. The number of hydrogen-bond acceptors (Lipinski definition) is 5. The highest BCUT2D eigenvalue weighted by atomic mass is 16.5. The Morgan fingerprint density at radius 1 is 0.880 bits per heavy atom. The minimum Gasteiger partial charge on any atom is -0.493 e. The van der Waals surface area contributed by atoms with E-state index < -0.39 is 0 Å². The van der Waals surface area contributed by atoms with Crippen molar-refractivity contribution < 1.29 is 9.47 Å².